The normalized spacial score (nSPS) is 35.1. The topological polar surface area (TPSA) is 84.4 Å². The van der Waals surface area contributed by atoms with Gasteiger partial charge in [-0.25, -0.2) is 4.79 Å². The second kappa shape index (κ2) is 5.01. The third kappa shape index (κ3) is 2.86. The summed E-state index contributed by atoms with van der Waals surface area (Å²) in [6, 6.07) is 0.844. The summed E-state index contributed by atoms with van der Waals surface area (Å²) in [5.41, 5.74) is 11.6. The monoisotopic (exact) mass is 226 g/mol. The molecule has 5 N–H and O–H groups in total. The predicted molar refractivity (Wildman–Crippen MR) is 62.9 cm³/mol. The average molecular weight is 226 g/mol. The van der Waals surface area contributed by atoms with Crippen LogP contribution in [-0.2, 0) is 0 Å². The number of rotatable bonds is 1. The lowest BCUT2D eigenvalue weighted by molar-refractivity contribution is 0.199. The molecule has 0 unspecified atom stereocenters. The molecular formula is C11H22N4O. The smallest absolute Gasteiger partial charge is 0.317 e. The van der Waals surface area contributed by atoms with Crippen LogP contribution in [0.5, 0.6) is 0 Å². The first-order valence-electron chi connectivity index (χ1n) is 6.22. The molecule has 1 atom stereocenters. The predicted octanol–water partition coefficient (Wildman–Crippen LogP) is -0.00110. The van der Waals surface area contributed by atoms with E-state index in [0.717, 1.165) is 38.6 Å². The maximum atomic E-state index is 11.9. The first-order chi connectivity index (χ1) is 7.65. The van der Waals surface area contributed by atoms with E-state index in [1.807, 2.05) is 4.90 Å². The van der Waals surface area contributed by atoms with Crippen molar-refractivity contribution in [2.75, 3.05) is 13.1 Å². The number of amides is 2. The third-order valence-corrected chi connectivity index (χ3v) is 3.61. The van der Waals surface area contributed by atoms with Crippen molar-refractivity contribution in [2.45, 2.75) is 50.2 Å². The van der Waals surface area contributed by atoms with Gasteiger partial charge in [0.15, 0.2) is 0 Å². The molecule has 0 bridgehead atoms. The van der Waals surface area contributed by atoms with E-state index in [4.69, 9.17) is 11.5 Å². The number of hydrogen-bond donors (Lipinski definition) is 3. The molecule has 5 heteroatoms. The molecule has 0 aromatic rings. The van der Waals surface area contributed by atoms with Crippen molar-refractivity contribution in [3.05, 3.63) is 0 Å². The minimum atomic E-state index is 0.0495. The molecule has 1 saturated heterocycles. The molecule has 5 nitrogen and oxygen atoms in total. The van der Waals surface area contributed by atoms with Crippen LogP contribution in [-0.4, -0.2) is 42.1 Å². The number of nitrogens with one attached hydrogen (secondary N) is 1. The van der Waals surface area contributed by atoms with Crippen LogP contribution in [0.1, 0.15) is 32.1 Å². The Morgan fingerprint density at radius 3 is 2.31 bits per heavy atom. The molecule has 92 valence electrons. The second-order valence-electron chi connectivity index (χ2n) is 5.06. The van der Waals surface area contributed by atoms with Crippen molar-refractivity contribution in [3.63, 3.8) is 0 Å². The molecule has 1 heterocycles. The zero-order valence-electron chi connectivity index (χ0n) is 9.69. The summed E-state index contributed by atoms with van der Waals surface area (Å²) in [6.07, 6.45) is 4.97. The van der Waals surface area contributed by atoms with E-state index >= 15 is 0 Å². The maximum absolute atomic E-state index is 11.9. The minimum absolute atomic E-state index is 0.0495. The van der Waals surface area contributed by atoms with Crippen molar-refractivity contribution in [1.82, 2.24) is 10.2 Å². The quantitative estimate of drug-likeness (QED) is 0.588. The zero-order chi connectivity index (χ0) is 11.5. The average Bonchev–Trinajstić information content (AvgIpc) is 2.68. The van der Waals surface area contributed by atoms with Crippen LogP contribution in [0, 0.1) is 0 Å². The molecule has 2 aliphatic rings. The van der Waals surface area contributed by atoms with Crippen LogP contribution in [0.3, 0.4) is 0 Å². The summed E-state index contributed by atoms with van der Waals surface area (Å²) in [7, 11) is 0. The van der Waals surface area contributed by atoms with Gasteiger partial charge in [0.05, 0.1) is 0 Å². The minimum Gasteiger partial charge on any atom is -0.335 e. The van der Waals surface area contributed by atoms with Gasteiger partial charge in [-0.15, -0.1) is 0 Å². The van der Waals surface area contributed by atoms with Gasteiger partial charge in [-0.05, 0) is 32.1 Å². The van der Waals surface area contributed by atoms with Crippen molar-refractivity contribution in [3.8, 4) is 0 Å². The zero-order valence-corrected chi connectivity index (χ0v) is 9.69. The molecule has 16 heavy (non-hydrogen) atoms. The lowest BCUT2D eigenvalue weighted by Gasteiger charge is -2.28. The van der Waals surface area contributed by atoms with Gasteiger partial charge < -0.3 is 21.7 Å². The number of likely N-dealkylation sites (tertiary alicyclic amines) is 1. The SMILES string of the molecule is NC1CCC(NC(=O)N2CC[C@@H](N)C2)CC1. The Morgan fingerprint density at radius 1 is 1.06 bits per heavy atom. The molecule has 0 aromatic carbocycles. The van der Waals surface area contributed by atoms with E-state index in [9.17, 15) is 4.79 Å². The summed E-state index contributed by atoms with van der Waals surface area (Å²) >= 11 is 0. The van der Waals surface area contributed by atoms with Crippen LogP contribution < -0.4 is 16.8 Å². The van der Waals surface area contributed by atoms with Crippen molar-refractivity contribution < 1.29 is 4.79 Å². The molecule has 0 aromatic heterocycles. The third-order valence-electron chi connectivity index (χ3n) is 3.61. The number of urea groups is 1. The van der Waals surface area contributed by atoms with Crippen LogP contribution in [0.2, 0.25) is 0 Å². The highest BCUT2D eigenvalue weighted by molar-refractivity contribution is 5.74. The number of nitrogens with two attached hydrogens (primary N) is 2. The Labute approximate surface area is 96.5 Å². The molecular weight excluding hydrogens is 204 g/mol. The van der Waals surface area contributed by atoms with E-state index in [1.165, 1.54) is 0 Å². The van der Waals surface area contributed by atoms with E-state index in [2.05, 4.69) is 5.32 Å². The van der Waals surface area contributed by atoms with Gasteiger partial charge in [0, 0.05) is 31.2 Å². The summed E-state index contributed by atoms with van der Waals surface area (Å²) in [5, 5.41) is 3.08. The summed E-state index contributed by atoms with van der Waals surface area (Å²) in [4.78, 5) is 13.7. The van der Waals surface area contributed by atoms with Gasteiger partial charge >= 0.3 is 6.03 Å². The summed E-state index contributed by atoms with van der Waals surface area (Å²) in [5.74, 6) is 0. The first-order valence-corrected chi connectivity index (χ1v) is 6.22. The lowest BCUT2D eigenvalue weighted by Crippen LogP contribution is -2.46. The Kier molecular flexibility index (Phi) is 3.66. The van der Waals surface area contributed by atoms with E-state index < -0.39 is 0 Å². The molecule has 2 fully saturated rings. The van der Waals surface area contributed by atoms with Gasteiger partial charge in [-0.3, -0.25) is 0 Å². The van der Waals surface area contributed by atoms with E-state index in [-0.39, 0.29) is 12.1 Å². The van der Waals surface area contributed by atoms with Crippen LogP contribution in [0.25, 0.3) is 0 Å². The highest BCUT2D eigenvalue weighted by Crippen LogP contribution is 2.17. The van der Waals surface area contributed by atoms with E-state index in [1.54, 1.807) is 0 Å². The standard InChI is InChI=1S/C11H22N4O/c12-8-1-3-10(4-2-8)14-11(16)15-6-5-9(13)7-15/h8-10H,1-7,12-13H2,(H,14,16)/t8?,9-,10?/m1/s1. The largest absolute Gasteiger partial charge is 0.335 e. The number of carbonyl (C=O) groups excluding carboxylic acids is 1. The molecule has 2 rings (SSSR count). The molecule has 0 spiro atoms. The highest BCUT2D eigenvalue weighted by Gasteiger charge is 2.26. The Morgan fingerprint density at radius 2 is 1.75 bits per heavy atom. The summed E-state index contributed by atoms with van der Waals surface area (Å²) in [6.45, 7) is 1.48. The number of carbonyl (C=O) groups is 1. The molecule has 1 aliphatic heterocycles. The first kappa shape index (κ1) is 11.7. The highest BCUT2D eigenvalue weighted by atomic mass is 16.2. The molecule has 1 aliphatic carbocycles. The van der Waals surface area contributed by atoms with Gasteiger partial charge in [0.1, 0.15) is 0 Å². The van der Waals surface area contributed by atoms with Gasteiger partial charge in [-0.2, -0.15) is 0 Å². The Bertz CT molecular complexity index is 250. The fourth-order valence-electron chi connectivity index (χ4n) is 2.50. The van der Waals surface area contributed by atoms with E-state index in [0.29, 0.717) is 18.6 Å². The Balaban J connectivity index is 1.75. The van der Waals surface area contributed by atoms with Gasteiger partial charge in [-0.1, -0.05) is 0 Å². The second-order valence-corrected chi connectivity index (χ2v) is 5.06. The van der Waals surface area contributed by atoms with Crippen LogP contribution in [0.15, 0.2) is 0 Å². The van der Waals surface area contributed by atoms with Crippen LogP contribution in [0.4, 0.5) is 4.79 Å². The number of hydrogen-bond acceptors (Lipinski definition) is 3. The molecule has 0 radical (unpaired) electrons. The lowest BCUT2D eigenvalue weighted by atomic mass is 9.92. The van der Waals surface area contributed by atoms with Gasteiger partial charge in [0.2, 0.25) is 0 Å². The van der Waals surface area contributed by atoms with Crippen LogP contribution >= 0.6 is 0 Å². The maximum Gasteiger partial charge on any atom is 0.317 e. The van der Waals surface area contributed by atoms with Crippen molar-refractivity contribution in [2.24, 2.45) is 11.5 Å². The fourth-order valence-corrected chi connectivity index (χ4v) is 2.50. The van der Waals surface area contributed by atoms with Crippen molar-refractivity contribution >= 4 is 6.03 Å². The number of nitrogens with zero attached hydrogens (tertiary/aromatic N) is 1. The van der Waals surface area contributed by atoms with Gasteiger partial charge in [0.25, 0.3) is 0 Å². The molecule has 1 saturated carbocycles. The Hall–Kier alpha value is -0.810. The summed E-state index contributed by atoms with van der Waals surface area (Å²) < 4.78 is 0. The molecule has 2 amide bonds. The van der Waals surface area contributed by atoms with Crippen molar-refractivity contribution in [1.29, 1.82) is 0 Å². The fraction of sp³-hybridized carbons (Fsp3) is 0.909.